The summed E-state index contributed by atoms with van der Waals surface area (Å²) in [6, 6.07) is 9.32. The molecule has 0 aliphatic carbocycles. The summed E-state index contributed by atoms with van der Waals surface area (Å²) in [5.41, 5.74) is 0.843. The number of benzene rings is 2. The zero-order valence-electron chi connectivity index (χ0n) is 9.78. The van der Waals surface area contributed by atoms with Gasteiger partial charge in [-0.05, 0) is 43.4 Å². The van der Waals surface area contributed by atoms with E-state index in [9.17, 15) is 10.2 Å². The van der Waals surface area contributed by atoms with Crippen molar-refractivity contribution in [1.82, 2.24) is 0 Å². The highest BCUT2D eigenvalue weighted by Gasteiger charge is 2.21. The molecule has 2 rings (SSSR count). The van der Waals surface area contributed by atoms with Gasteiger partial charge in [0, 0.05) is 5.39 Å². The minimum atomic E-state index is -0.939. The summed E-state index contributed by atoms with van der Waals surface area (Å²) in [5, 5.41) is 21.8. The van der Waals surface area contributed by atoms with Gasteiger partial charge in [-0.15, -0.1) is 0 Å². The monoisotopic (exact) mass is 216 g/mol. The lowest BCUT2D eigenvalue weighted by Gasteiger charge is -2.22. The van der Waals surface area contributed by atoms with E-state index in [1.165, 1.54) is 0 Å². The molecule has 0 atom stereocenters. The van der Waals surface area contributed by atoms with E-state index in [1.807, 2.05) is 31.2 Å². The molecule has 0 bridgehead atoms. The standard InChI is InChI=1S/C14H16O2/c1-9-10-6-4-5-7-11(10)13(15)8-12(9)14(2,3)16/h4-8,15-16H,1-3H3. The summed E-state index contributed by atoms with van der Waals surface area (Å²) in [6.45, 7) is 5.42. The Morgan fingerprint density at radius 2 is 1.62 bits per heavy atom. The summed E-state index contributed by atoms with van der Waals surface area (Å²) in [5.74, 6) is 0.221. The minimum absolute atomic E-state index is 0.221. The second-order valence-corrected chi connectivity index (χ2v) is 4.67. The molecular weight excluding hydrogens is 200 g/mol. The van der Waals surface area contributed by atoms with Crippen LogP contribution < -0.4 is 0 Å². The molecule has 2 N–H and O–H groups in total. The number of phenolic OH excluding ortho intramolecular Hbond substituents is 1. The van der Waals surface area contributed by atoms with Gasteiger partial charge in [-0.3, -0.25) is 0 Å². The van der Waals surface area contributed by atoms with Crippen LogP contribution in [0.1, 0.15) is 25.0 Å². The second-order valence-electron chi connectivity index (χ2n) is 4.67. The number of phenols is 1. The smallest absolute Gasteiger partial charge is 0.123 e. The van der Waals surface area contributed by atoms with Crippen molar-refractivity contribution >= 4 is 10.8 Å². The predicted molar refractivity (Wildman–Crippen MR) is 65.6 cm³/mol. The van der Waals surface area contributed by atoms with Gasteiger partial charge in [-0.25, -0.2) is 0 Å². The molecule has 0 amide bonds. The van der Waals surface area contributed by atoms with Gasteiger partial charge in [0.2, 0.25) is 0 Å². The van der Waals surface area contributed by atoms with E-state index in [-0.39, 0.29) is 5.75 Å². The SMILES string of the molecule is Cc1c(C(C)(C)O)cc(O)c2ccccc12. The van der Waals surface area contributed by atoms with Crippen molar-refractivity contribution in [2.75, 3.05) is 0 Å². The van der Waals surface area contributed by atoms with Gasteiger partial charge in [-0.1, -0.05) is 24.3 Å². The molecule has 0 radical (unpaired) electrons. The molecule has 0 aliphatic rings. The van der Waals surface area contributed by atoms with Gasteiger partial charge < -0.3 is 10.2 Å². The average Bonchev–Trinajstić information content (AvgIpc) is 2.22. The first-order chi connectivity index (χ1) is 7.41. The first kappa shape index (κ1) is 11.0. The molecule has 0 fully saturated rings. The molecule has 0 heterocycles. The zero-order valence-corrected chi connectivity index (χ0v) is 9.78. The summed E-state index contributed by atoms with van der Waals surface area (Å²) in [4.78, 5) is 0. The van der Waals surface area contributed by atoms with Crippen molar-refractivity contribution in [3.63, 3.8) is 0 Å². The van der Waals surface area contributed by atoms with Gasteiger partial charge in [-0.2, -0.15) is 0 Å². The Labute approximate surface area is 95.2 Å². The summed E-state index contributed by atoms with van der Waals surface area (Å²) in [6.07, 6.45) is 0. The zero-order chi connectivity index (χ0) is 11.9. The summed E-state index contributed by atoms with van der Waals surface area (Å²) in [7, 11) is 0. The Morgan fingerprint density at radius 1 is 1.06 bits per heavy atom. The van der Waals surface area contributed by atoms with Gasteiger partial charge in [0.05, 0.1) is 5.60 Å². The third-order valence-electron chi connectivity index (χ3n) is 2.95. The second kappa shape index (κ2) is 3.49. The molecular formula is C14H16O2. The maximum absolute atomic E-state index is 10.0. The minimum Gasteiger partial charge on any atom is -0.507 e. The Kier molecular flexibility index (Phi) is 2.39. The van der Waals surface area contributed by atoms with Crippen molar-refractivity contribution in [1.29, 1.82) is 0 Å². The summed E-state index contributed by atoms with van der Waals surface area (Å²) < 4.78 is 0. The third-order valence-corrected chi connectivity index (χ3v) is 2.95. The van der Waals surface area contributed by atoms with Crippen LogP contribution in [0.3, 0.4) is 0 Å². The van der Waals surface area contributed by atoms with Crippen molar-refractivity contribution in [3.05, 3.63) is 41.5 Å². The van der Waals surface area contributed by atoms with Crippen molar-refractivity contribution in [3.8, 4) is 5.75 Å². The lowest BCUT2D eigenvalue weighted by Crippen LogP contribution is -2.17. The van der Waals surface area contributed by atoms with E-state index >= 15 is 0 Å². The van der Waals surface area contributed by atoms with Crippen LogP contribution >= 0.6 is 0 Å². The van der Waals surface area contributed by atoms with Crippen molar-refractivity contribution in [2.45, 2.75) is 26.4 Å². The van der Waals surface area contributed by atoms with E-state index in [0.29, 0.717) is 0 Å². The maximum Gasteiger partial charge on any atom is 0.123 e. The quantitative estimate of drug-likeness (QED) is 0.769. The fourth-order valence-corrected chi connectivity index (χ4v) is 2.14. The number of aryl methyl sites for hydroxylation is 1. The van der Waals surface area contributed by atoms with Crippen LogP contribution in [0.15, 0.2) is 30.3 Å². The van der Waals surface area contributed by atoms with E-state index < -0.39 is 5.60 Å². The molecule has 0 aliphatic heterocycles. The fraction of sp³-hybridized carbons (Fsp3) is 0.286. The molecule has 0 saturated heterocycles. The molecule has 2 aromatic carbocycles. The first-order valence-corrected chi connectivity index (χ1v) is 5.35. The van der Waals surface area contributed by atoms with Crippen LogP contribution in [-0.2, 0) is 5.60 Å². The van der Waals surface area contributed by atoms with Crippen LogP contribution in [0.2, 0.25) is 0 Å². The van der Waals surface area contributed by atoms with Gasteiger partial charge in [0.1, 0.15) is 5.75 Å². The number of hydrogen-bond acceptors (Lipinski definition) is 2. The van der Waals surface area contributed by atoms with Crippen molar-refractivity contribution < 1.29 is 10.2 Å². The molecule has 0 saturated carbocycles. The van der Waals surface area contributed by atoms with E-state index in [1.54, 1.807) is 19.9 Å². The van der Waals surface area contributed by atoms with Crippen LogP contribution in [0.25, 0.3) is 10.8 Å². The molecule has 16 heavy (non-hydrogen) atoms. The van der Waals surface area contributed by atoms with E-state index in [4.69, 9.17) is 0 Å². The number of fused-ring (bicyclic) bond motifs is 1. The Balaban J connectivity index is 2.86. The van der Waals surface area contributed by atoms with E-state index in [2.05, 4.69) is 0 Å². The van der Waals surface area contributed by atoms with Gasteiger partial charge >= 0.3 is 0 Å². The maximum atomic E-state index is 10.0. The summed E-state index contributed by atoms with van der Waals surface area (Å²) >= 11 is 0. The molecule has 0 spiro atoms. The topological polar surface area (TPSA) is 40.5 Å². The normalized spacial score (nSPS) is 12.0. The molecule has 84 valence electrons. The Bertz CT molecular complexity index is 536. The highest BCUT2D eigenvalue weighted by molar-refractivity contribution is 5.91. The van der Waals surface area contributed by atoms with Crippen LogP contribution in [0.4, 0.5) is 0 Å². The first-order valence-electron chi connectivity index (χ1n) is 5.35. The Hall–Kier alpha value is -1.54. The molecule has 0 aromatic heterocycles. The lowest BCUT2D eigenvalue weighted by molar-refractivity contribution is 0.0778. The fourth-order valence-electron chi connectivity index (χ4n) is 2.14. The number of hydrogen-bond donors (Lipinski definition) is 2. The number of aliphatic hydroxyl groups is 1. The van der Waals surface area contributed by atoms with Crippen molar-refractivity contribution in [2.24, 2.45) is 0 Å². The predicted octanol–water partition coefficient (Wildman–Crippen LogP) is 3.08. The third kappa shape index (κ3) is 1.65. The average molecular weight is 216 g/mol. The Morgan fingerprint density at radius 3 is 2.19 bits per heavy atom. The van der Waals surface area contributed by atoms with Crippen LogP contribution in [0, 0.1) is 6.92 Å². The largest absolute Gasteiger partial charge is 0.507 e. The van der Waals surface area contributed by atoms with Gasteiger partial charge in [0.15, 0.2) is 0 Å². The molecule has 2 nitrogen and oxygen atoms in total. The number of aromatic hydroxyl groups is 1. The lowest BCUT2D eigenvalue weighted by atomic mass is 9.90. The molecule has 0 unspecified atom stereocenters. The van der Waals surface area contributed by atoms with E-state index in [0.717, 1.165) is 21.9 Å². The van der Waals surface area contributed by atoms with Gasteiger partial charge in [0.25, 0.3) is 0 Å². The molecule has 2 heteroatoms. The molecule has 2 aromatic rings. The number of rotatable bonds is 1. The highest BCUT2D eigenvalue weighted by Crippen LogP contribution is 2.34. The highest BCUT2D eigenvalue weighted by atomic mass is 16.3. The van der Waals surface area contributed by atoms with Crippen LogP contribution in [-0.4, -0.2) is 10.2 Å². The van der Waals surface area contributed by atoms with Crippen LogP contribution in [0.5, 0.6) is 5.75 Å².